The van der Waals surface area contributed by atoms with Gasteiger partial charge < -0.3 is 14.7 Å². The van der Waals surface area contributed by atoms with Crippen LogP contribution in [-0.4, -0.2) is 35.9 Å². The average Bonchev–Trinajstić information content (AvgIpc) is 2.29. The fourth-order valence-corrected chi connectivity index (χ4v) is 1.76. The predicted octanol–water partition coefficient (Wildman–Crippen LogP) is 0.799. The van der Waals surface area contributed by atoms with Gasteiger partial charge in [0, 0.05) is 19.3 Å². The smallest absolute Gasteiger partial charge is 0.128 e. The molecular weight excluding hydrogens is 192 g/mol. The molecule has 0 amide bonds. The molecule has 82 valence electrons. The van der Waals surface area contributed by atoms with Crippen LogP contribution in [0.2, 0.25) is 0 Å². The Morgan fingerprint density at radius 2 is 2.53 bits per heavy atom. The minimum atomic E-state index is 0.0649. The third kappa shape index (κ3) is 2.46. The molecule has 1 unspecified atom stereocenters. The fourth-order valence-electron chi connectivity index (χ4n) is 1.76. The van der Waals surface area contributed by atoms with E-state index >= 15 is 0 Å². The molecule has 1 aromatic heterocycles. The van der Waals surface area contributed by atoms with Crippen LogP contribution in [0.1, 0.15) is 12.5 Å². The van der Waals surface area contributed by atoms with Crippen LogP contribution in [-0.2, 0) is 11.3 Å². The Kier molecular flexibility index (Phi) is 3.18. The lowest BCUT2D eigenvalue weighted by atomic mass is 10.2. The maximum Gasteiger partial charge on any atom is 0.128 e. The highest BCUT2D eigenvalue weighted by molar-refractivity contribution is 5.41. The normalized spacial score (nSPS) is 21.7. The molecule has 0 saturated carbocycles. The van der Waals surface area contributed by atoms with E-state index in [0.717, 1.165) is 31.1 Å². The quantitative estimate of drug-likeness (QED) is 0.781. The molecule has 0 radical (unpaired) electrons. The Hall–Kier alpha value is -1.13. The Bertz CT molecular complexity index is 330. The highest BCUT2D eigenvalue weighted by atomic mass is 16.5. The van der Waals surface area contributed by atoms with Crippen molar-refractivity contribution in [2.75, 3.05) is 24.6 Å². The van der Waals surface area contributed by atoms with E-state index in [4.69, 9.17) is 9.84 Å². The molecule has 0 spiro atoms. The van der Waals surface area contributed by atoms with E-state index in [0.29, 0.717) is 0 Å². The lowest BCUT2D eigenvalue weighted by Gasteiger charge is -2.32. The number of hydrogen-bond donors (Lipinski definition) is 1. The minimum Gasteiger partial charge on any atom is -0.392 e. The summed E-state index contributed by atoms with van der Waals surface area (Å²) < 4.78 is 5.47. The minimum absolute atomic E-state index is 0.0649. The molecule has 0 aliphatic carbocycles. The largest absolute Gasteiger partial charge is 0.392 e. The van der Waals surface area contributed by atoms with Gasteiger partial charge in [0.2, 0.25) is 0 Å². The summed E-state index contributed by atoms with van der Waals surface area (Å²) in [5.41, 5.74) is 0.902. The second-order valence-electron chi connectivity index (χ2n) is 3.81. The molecule has 1 aliphatic rings. The lowest BCUT2D eigenvalue weighted by molar-refractivity contribution is 0.0529. The van der Waals surface area contributed by atoms with Gasteiger partial charge in [-0.15, -0.1) is 0 Å². The van der Waals surface area contributed by atoms with Crippen molar-refractivity contribution in [1.82, 2.24) is 4.98 Å². The number of rotatable bonds is 2. The third-order valence-electron chi connectivity index (χ3n) is 2.56. The van der Waals surface area contributed by atoms with Gasteiger partial charge in [0.25, 0.3) is 0 Å². The van der Waals surface area contributed by atoms with Crippen LogP contribution in [0.5, 0.6) is 0 Å². The van der Waals surface area contributed by atoms with E-state index < -0.39 is 0 Å². The van der Waals surface area contributed by atoms with Gasteiger partial charge in [0.15, 0.2) is 0 Å². The second kappa shape index (κ2) is 4.59. The number of anilines is 1. The maximum atomic E-state index is 9.04. The van der Waals surface area contributed by atoms with Crippen molar-refractivity contribution < 1.29 is 9.84 Å². The van der Waals surface area contributed by atoms with Gasteiger partial charge in [-0.05, 0) is 24.6 Å². The van der Waals surface area contributed by atoms with Crippen LogP contribution in [0.25, 0.3) is 0 Å². The van der Waals surface area contributed by atoms with Gasteiger partial charge in [0.05, 0.1) is 19.3 Å². The summed E-state index contributed by atoms with van der Waals surface area (Å²) in [6.45, 7) is 4.60. The van der Waals surface area contributed by atoms with E-state index in [1.54, 1.807) is 6.20 Å². The summed E-state index contributed by atoms with van der Waals surface area (Å²) in [4.78, 5) is 6.49. The molecule has 0 bridgehead atoms. The van der Waals surface area contributed by atoms with E-state index in [9.17, 15) is 0 Å². The Balaban J connectivity index is 2.13. The van der Waals surface area contributed by atoms with Crippen molar-refractivity contribution >= 4 is 5.82 Å². The van der Waals surface area contributed by atoms with E-state index in [1.807, 2.05) is 12.1 Å². The molecule has 0 aromatic carbocycles. The SMILES string of the molecule is CC1CN(c2cc(CO)ccn2)CCO1. The number of aromatic nitrogens is 1. The standard InChI is InChI=1S/C11H16N2O2/c1-9-7-13(4-5-15-9)11-6-10(8-14)2-3-12-11/h2-3,6,9,14H,4-5,7-8H2,1H3. The van der Waals surface area contributed by atoms with Crippen LogP contribution in [0.15, 0.2) is 18.3 Å². The van der Waals surface area contributed by atoms with Crippen molar-refractivity contribution in [3.8, 4) is 0 Å². The summed E-state index contributed by atoms with van der Waals surface area (Å²) >= 11 is 0. The monoisotopic (exact) mass is 208 g/mol. The van der Waals surface area contributed by atoms with Gasteiger partial charge in [-0.25, -0.2) is 4.98 Å². The lowest BCUT2D eigenvalue weighted by Crippen LogP contribution is -2.41. The summed E-state index contributed by atoms with van der Waals surface area (Å²) in [6, 6.07) is 3.76. The molecule has 1 aliphatic heterocycles. The summed E-state index contributed by atoms with van der Waals surface area (Å²) in [5, 5.41) is 9.04. The molecule has 15 heavy (non-hydrogen) atoms. The summed E-state index contributed by atoms with van der Waals surface area (Å²) in [5.74, 6) is 0.928. The zero-order valence-electron chi connectivity index (χ0n) is 8.89. The second-order valence-corrected chi connectivity index (χ2v) is 3.81. The first-order valence-electron chi connectivity index (χ1n) is 5.22. The van der Waals surface area contributed by atoms with Crippen LogP contribution < -0.4 is 4.90 Å². The maximum absolute atomic E-state index is 9.04. The number of morpholine rings is 1. The molecule has 1 aromatic rings. The van der Waals surface area contributed by atoms with Gasteiger partial charge >= 0.3 is 0 Å². The van der Waals surface area contributed by atoms with E-state index in [2.05, 4.69) is 16.8 Å². The third-order valence-corrected chi connectivity index (χ3v) is 2.56. The molecule has 4 nitrogen and oxygen atoms in total. The van der Waals surface area contributed by atoms with Crippen molar-refractivity contribution in [2.24, 2.45) is 0 Å². The van der Waals surface area contributed by atoms with Gasteiger partial charge in [0.1, 0.15) is 5.82 Å². The van der Waals surface area contributed by atoms with Crippen LogP contribution >= 0.6 is 0 Å². The predicted molar refractivity (Wildman–Crippen MR) is 57.8 cm³/mol. The molecule has 1 fully saturated rings. The highest BCUT2D eigenvalue weighted by Gasteiger charge is 2.17. The summed E-state index contributed by atoms with van der Waals surface area (Å²) in [6.07, 6.45) is 1.99. The zero-order chi connectivity index (χ0) is 10.7. The average molecular weight is 208 g/mol. The molecule has 1 N–H and O–H groups in total. The molecule has 4 heteroatoms. The molecule has 2 heterocycles. The van der Waals surface area contributed by atoms with Crippen molar-refractivity contribution in [1.29, 1.82) is 0 Å². The highest BCUT2D eigenvalue weighted by Crippen LogP contribution is 2.16. The Morgan fingerprint density at radius 1 is 1.67 bits per heavy atom. The number of aliphatic hydroxyl groups excluding tert-OH is 1. The molecular formula is C11H16N2O2. The molecule has 1 atom stereocenters. The van der Waals surface area contributed by atoms with Gasteiger partial charge in [-0.3, -0.25) is 0 Å². The van der Waals surface area contributed by atoms with E-state index in [1.165, 1.54) is 0 Å². The van der Waals surface area contributed by atoms with Crippen LogP contribution in [0, 0.1) is 0 Å². The molecule has 2 rings (SSSR count). The fraction of sp³-hybridized carbons (Fsp3) is 0.545. The number of nitrogens with zero attached hydrogens (tertiary/aromatic N) is 2. The van der Waals surface area contributed by atoms with E-state index in [-0.39, 0.29) is 12.7 Å². The Morgan fingerprint density at radius 3 is 3.27 bits per heavy atom. The molecule has 1 saturated heterocycles. The number of pyridine rings is 1. The first-order valence-corrected chi connectivity index (χ1v) is 5.22. The van der Waals surface area contributed by atoms with Crippen molar-refractivity contribution in [3.63, 3.8) is 0 Å². The van der Waals surface area contributed by atoms with Gasteiger partial charge in [-0.1, -0.05) is 0 Å². The van der Waals surface area contributed by atoms with Crippen molar-refractivity contribution in [2.45, 2.75) is 19.6 Å². The zero-order valence-corrected chi connectivity index (χ0v) is 8.89. The van der Waals surface area contributed by atoms with Gasteiger partial charge in [-0.2, -0.15) is 0 Å². The first kappa shape index (κ1) is 10.4. The van der Waals surface area contributed by atoms with Crippen LogP contribution in [0.4, 0.5) is 5.82 Å². The first-order chi connectivity index (χ1) is 7.29. The number of ether oxygens (including phenoxy) is 1. The van der Waals surface area contributed by atoms with Crippen molar-refractivity contribution in [3.05, 3.63) is 23.9 Å². The summed E-state index contributed by atoms with van der Waals surface area (Å²) in [7, 11) is 0. The number of aliphatic hydroxyl groups is 1. The number of hydrogen-bond acceptors (Lipinski definition) is 4. The Labute approximate surface area is 89.5 Å². The topological polar surface area (TPSA) is 45.6 Å². The van der Waals surface area contributed by atoms with Crippen LogP contribution in [0.3, 0.4) is 0 Å².